The lowest BCUT2D eigenvalue weighted by atomic mass is 9.95. The molecule has 0 unspecified atom stereocenters. The van der Waals surface area contributed by atoms with Gasteiger partial charge in [0.15, 0.2) is 0 Å². The van der Waals surface area contributed by atoms with Crippen LogP contribution in [0.4, 0.5) is 5.69 Å². The van der Waals surface area contributed by atoms with Crippen molar-refractivity contribution in [2.45, 2.75) is 25.7 Å². The molecule has 1 N–H and O–H groups in total. The molecule has 0 saturated heterocycles. The fourth-order valence-electron chi connectivity index (χ4n) is 2.61. The predicted molar refractivity (Wildman–Crippen MR) is 99.3 cm³/mol. The summed E-state index contributed by atoms with van der Waals surface area (Å²) >= 11 is 0. The molecule has 0 aliphatic carbocycles. The van der Waals surface area contributed by atoms with Crippen molar-refractivity contribution in [2.24, 2.45) is 5.41 Å². The summed E-state index contributed by atoms with van der Waals surface area (Å²) in [5.41, 5.74) is 0.350. The zero-order valence-electron chi connectivity index (χ0n) is 14.4. The van der Waals surface area contributed by atoms with E-state index in [0.717, 1.165) is 5.39 Å². The van der Waals surface area contributed by atoms with Crippen molar-refractivity contribution in [1.29, 1.82) is 0 Å². The minimum absolute atomic E-state index is 0.103. The predicted octanol–water partition coefficient (Wildman–Crippen LogP) is 4.13. The molecule has 0 radical (unpaired) electrons. The van der Waals surface area contributed by atoms with Gasteiger partial charge in [-0.3, -0.25) is 14.1 Å². The monoisotopic (exact) mass is 356 g/mol. The second-order valence-electron chi connectivity index (χ2n) is 6.90. The van der Waals surface area contributed by atoms with E-state index in [1.165, 1.54) is 16.7 Å². The molecule has 0 spiro atoms. The Morgan fingerprint density at radius 3 is 2.28 bits per heavy atom. The maximum absolute atomic E-state index is 12.7. The van der Waals surface area contributed by atoms with Gasteiger partial charge in [-0.2, -0.15) is 0 Å². The minimum atomic E-state index is -3.74. The molecule has 0 amide bonds. The van der Waals surface area contributed by atoms with Crippen LogP contribution in [-0.2, 0) is 10.0 Å². The first-order chi connectivity index (χ1) is 11.7. The summed E-state index contributed by atoms with van der Waals surface area (Å²) in [6.07, 6.45) is 1.68. The van der Waals surface area contributed by atoms with E-state index in [2.05, 4.69) is 4.72 Å². The van der Waals surface area contributed by atoms with Gasteiger partial charge in [0.1, 0.15) is 0 Å². The van der Waals surface area contributed by atoms with Crippen LogP contribution >= 0.6 is 0 Å². The molecule has 25 heavy (non-hydrogen) atoms. The molecular formula is C19H20N2O3S. The first kappa shape index (κ1) is 17.2. The Bertz CT molecular complexity index is 1030. The highest BCUT2D eigenvalue weighted by Crippen LogP contribution is 2.29. The van der Waals surface area contributed by atoms with E-state index in [0.29, 0.717) is 11.2 Å². The molecule has 1 heterocycles. The third-order valence-electron chi connectivity index (χ3n) is 3.87. The van der Waals surface area contributed by atoms with Crippen LogP contribution in [0, 0.1) is 5.41 Å². The van der Waals surface area contributed by atoms with Gasteiger partial charge in [-0.15, -0.1) is 0 Å². The number of nitrogens with one attached hydrogen (secondary N) is 1. The zero-order chi connectivity index (χ0) is 18.2. The van der Waals surface area contributed by atoms with E-state index in [1.54, 1.807) is 42.6 Å². The molecule has 3 aromatic rings. The maximum Gasteiger partial charge on any atom is 0.261 e. The van der Waals surface area contributed by atoms with E-state index in [1.807, 2.05) is 26.8 Å². The van der Waals surface area contributed by atoms with Crippen molar-refractivity contribution >= 4 is 32.5 Å². The molecule has 0 bridgehead atoms. The quantitative estimate of drug-likeness (QED) is 0.767. The Morgan fingerprint density at radius 1 is 0.960 bits per heavy atom. The number of aromatic nitrogens is 1. The lowest BCUT2D eigenvalue weighted by Gasteiger charge is -2.19. The van der Waals surface area contributed by atoms with E-state index in [-0.39, 0.29) is 10.8 Å². The average Bonchev–Trinajstić information content (AvgIpc) is 2.99. The van der Waals surface area contributed by atoms with Gasteiger partial charge in [0.25, 0.3) is 10.0 Å². The van der Waals surface area contributed by atoms with Crippen LogP contribution in [0.25, 0.3) is 10.9 Å². The number of carbonyl (C=O) groups excluding carboxylic acids is 1. The number of rotatable bonds is 3. The van der Waals surface area contributed by atoms with E-state index in [9.17, 15) is 13.2 Å². The lowest BCUT2D eigenvalue weighted by Crippen LogP contribution is -2.26. The third kappa shape index (κ3) is 3.30. The highest BCUT2D eigenvalue weighted by molar-refractivity contribution is 7.92. The van der Waals surface area contributed by atoms with Crippen LogP contribution < -0.4 is 4.72 Å². The largest absolute Gasteiger partial charge is 0.285 e. The van der Waals surface area contributed by atoms with Gasteiger partial charge in [0.2, 0.25) is 5.91 Å². The Balaban J connectivity index is 2.12. The number of benzene rings is 2. The SMILES string of the molecule is CC(C)(C)C(=O)n1ccc2cccc(NS(=O)(=O)c3ccccc3)c21. The number of hydrogen-bond acceptors (Lipinski definition) is 3. The molecule has 0 aliphatic heterocycles. The van der Waals surface area contributed by atoms with Crippen LogP contribution in [0.3, 0.4) is 0 Å². The van der Waals surface area contributed by atoms with Crippen LogP contribution in [-0.4, -0.2) is 18.9 Å². The summed E-state index contributed by atoms with van der Waals surface area (Å²) in [4.78, 5) is 12.9. The summed E-state index contributed by atoms with van der Waals surface area (Å²) in [6, 6.07) is 15.2. The Labute approximate surface area is 147 Å². The van der Waals surface area contributed by atoms with Crippen LogP contribution in [0.2, 0.25) is 0 Å². The highest BCUT2D eigenvalue weighted by atomic mass is 32.2. The van der Waals surface area contributed by atoms with Crippen molar-refractivity contribution in [3.8, 4) is 0 Å². The van der Waals surface area contributed by atoms with Gasteiger partial charge in [0, 0.05) is 17.0 Å². The van der Waals surface area contributed by atoms with Gasteiger partial charge in [0.05, 0.1) is 16.1 Å². The van der Waals surface area contributed by atoms with Crippen molar-refractivity contribution in [3.05, 3.63) is 60.8 Å². The number of anilines is 1. The van der Waals surface area contributed by atoms with Gasteiger partial charge in [-0.25, -0.2) is 8.42 Å². The van der Waals surface area contributed by atoms with Crippen LogP contribution in [0.15, 0.2) is 65.7 Å². The molecule has 0 aliphatic rings. The number of carbonyl (C=O) groups is 1. The molecule has 1 aromatic heterocycles. The smallest absolute Gasteiger partial charge is 0.261 e. The van der Waals surface area contributed by atoms with Crippen LogP contribution in [0.1, 0.15) is 25.6 Å². The Hall–Kier alpha value is -2.60. The van der Waals surface area contributed by atoms with Crippen molar-refractivity contribution in [1.82, 2.24) is 4.57 Å². The molecule has 3 rings (SSSR count). The molecule has 0 fully saturated rings. The summed E-state index contributed by atoms with van der Waals surface area (Å²) in [7, 11) is -3.74. The third-order valence-corrected chi connectivity index (χ3v) is 5.25. The molecule has 5 nitrogen and oxygen atoms in total. The van der Waals surface area contributed by atoms with E-state index in [4.69, 9.17) is 0 Å². The molecular weight excluding hydrogens is 336 g/mol. The van der Waals surface area contributed by atoms with Gasteiger partial charge in [-0.1, -0.05) is 51.1 Å². The number of hydrogen-bond donors (Lipinski definition) is 1. The summed E-state index contributed by atoms with van der Waals surface area (Å²) in [6.45, 7) is 5.49. The first-order valence-electron chi connectivity index (χ1n) is 7.93. The van der Waals surface area contributed by atoms with Gasteiger partial charge in [-0.05, 0) is 24.3 Å². The lowest BCUT2D eigenvalue weighted by molar-refractivity contribution is 0.0773. The Morgan fingerprint density at radius 2 is 1.64 bits per heavy atom. The summed E-state index contributed by atoms with van der Waals surface area (Å²) < 4.78 is 29.4. The zero-order valence-corrected chi connectivity index (χ0v) is 15.2. The second-order valence-corrected chi connectivity index (χ2v) is 8.59. The topological polar surface area (TPSA) is 68.2 Å². The molecule has 0 atom stereocenters. The summed E-state index contributed by atoms with van der Waals surface area (Å²) in [5.74, 6) is -0.103. The molecule has 0 saturated carbocycles. The summed E-state index contributed by atoms with van der Waals surface area (Å²) in [5, 5.41) is 0.797. The number of sulfonamides is 1. The number of para-hydroxylation sites is 1. The van der Waals surface area contributed by atoms with Crippen molar-refractivity contribution in [2.75, 3.05) is 4.72 Å². The van der Waals surface area contributed by atoms with Gasteiger partial charge >= 0.3 is 0 Å². The maximum atomic E-state index is 12.7. The van der Waals surface area contributed by atoms with Crippen LogP contribution in [0.5, 0.6) is 0 Å². The van der Waals surface area contributed by atoms with Crippen molar-refractivity contribution < 1.29 is 13.2 Å². The molecule has 2 aromatic carbocycles. The van der Waals surface area contributed by atoms with E-state index < -0.39 is 15.4 Å². The van der Waals surface area contributed by atoms with Crippen molar-refractivity contribution in [3.63, 3.8) is 0 Å². The standard InChI is InChI=1S/C19H20N2O3S/c1-19(2,3)18(22)21-13-12-14-8-7-11-16(17(14)21)20-25(23,24)15-9-5-4-6-10-15/h4-13,20H,1-3H3. The first-order valence-corrected chi connectivity index (χ1v) is 9.41. The normalized spacial score (nSPS) is 12.3. The average molecular weight is 356 g/mol. The second kappa shape index (κ2) is 6.04. The number of nitrogens with zero attached hydrogens (tertiary/aromatic N) is 1. The fraction of sp³-hybridized carbons (Fsp3) is 0.211. The fourth-order valence-corrected chi connectivity index (χ4v) is 3.70. The minimum Gasteiger partial charge on any atom is -0.285 e. The van der Waals surface area contributed by atoms with E-state index >= 15 is 0 Å². The molecule has 6 heteroatoms. The van der Waals surface area contributed by atoms with Gasteiger partial charge < -0.3 is 0 Å². The Kier molecular flexibility index (Phi) is 4.16. The number of fused-ring (bicyclic) bond motifs is 1. The molecule has 130 valence electrons. The highest BCUT2D eigenvalue weighted by Gasteiger charge is 2.25.